The molecule has 3 heterocycles. The Morgan fingerprint density at radius 1 is 1.18 bits per heavy atom. The van der Waals surface area contributed by atoms with E-state index in [2.05, 4.69) is 38.5 Å². The summed E-state index contributed by atoms with van der Waals surface area (Å²) in [5.41, 5.74) is 2.96. The zero-order chi connectivity index (χ0) is 23.7. The Morgan fingerprint density at radius 3 is 2.71 bits per heavy atom. The first-order valence-corrected chi connectivity index (χ1v) is 12.6. The molecule has 176 valence electrons. The summed E-state index contributed by atoms with van der Waals surface area (Å²) in [5, 5.41) is 7.00. The van der Waals surface area contributed by atoms with Crippen LogP contribution in [0.3, 0.4) is 0 Å². The fraction of sp³-hybridized carbons (Fsp3) is 0.333. The van der Waals surface area contributed by atoms with Crippen molar-refractivity contribution < 1.29 is 9.59 Å². The van der Waals surface area contributed by atoms with E-state index in [-0.39, 0.29) is 17.0 Å². The number of thioether (sulfide) groups is 1. The Labute approximate surface area is 207 Å². The number of benzene rings is 2. The minimum Gasteiger partial charge on any atom is -0.371 e. The molecule has 2 aliphatic rings. The normalized spacial score (nSPS) is 18.1. The van der Waals surface area contributed by atoms with E-state index in [9.17, 15) is 9.59 Å². The monoisotopic (exact) mass is 496 g/mol. The highest BCUT2D eigenvalue weighted by Gasteiger charge is 2.32. The molecule has 2 aliphatic heterocycles. The number of amides is 2. The van der Waals surface area contributed by atoms with Crippen molar-refractivity contribution in [2.75, 3.05) is 35.7 Å². The first-order chi connectivity index (χ1) is 16.5. The van der Waals surface area contributed by atoms with Gasteiger partial charge in [-0.3, -0.25) is 9.59 Å². The van der Waals surface area contributed by atoms with Crippen LogP contribution in [0.1, 0.15) is 29.0 Å². The maximum atomic E-state index is 13.3. The number of likely N-dealkylation sites (N-methyl/N-ethyl adjacent to an activating group) is 1. The summed E-state index contributed by atoms with van der Waals surface area (Å²) < 4.78 is 1.46. The molecule has 0 saturated carbocycles. The average molecular weight is 497 g/mol. The van der Waals surface area contributed by atoms with E-state index in [4.69, 9.17) is 11.6 Å². The van der Waals surface area contributed by atoms with Crippen LogP contribution in [0, 0.1) is 0 Å². The highest BCUT2D eigenvalue weighted by Crippen LogP contribution is 2.37. The van der Waals surface area contributed by atoms with Gasteiger partial charge in [0.1, 0.15) is 6.04 Å². The topological polar surface area (TPSA) is 83.4 Å². The van der Waals surface area contributed by atoms with E-state index < -0.39 is 11.9 Å². The van der Waals surface area contributed by atoms with E-state index in [1.807, 2.05) is 30.3 Å². The zero-order valence-corrected chi connectivity index (χ0v) is 20.3. The lowest BCUT2D eigenvalue weighted by atomic mass is 10.2. The summed E-state index contributed by atoms with van der Waals surface area (Å²) in [5.74, 6) is -0.150. The number of carbonyl (C=O) groups is 2. The Morgan fingerprint density at radius 2 is 1.94 bits per heavy atom. The van der Waals surface area contributed by atoms with Crippen molar-refractivity contribution in [1.29, 1.82) is 0 Å². The maximum Gasteiger partial charge on any atom is 0.289 e. The molecule has 0 radical (unpaired) electrons. The van der Waals surface area contributed by atoms with Crippen LogP contribution in [0.2, 0.25) is 5.28 Å². The molecule has 1 saturated heterocycles. The molecule has 0 spiro atoms. The lowest BCUT2D eigenvalue weighted by Crippen LogP contribution is -2.48. The summed E-state index contributed by atoms with van der Waals surface area (Å²) in [6, 6.07) is 15.2. The van der Waals surface area contributed by atoms with Crippen molar-refractivity contribution in [3.05, 3.63) is 65.2 Å². The Hall–Kier alpha value is -3.04. The Bertz CT molecular complexity index is 1210. The fourth-order valence-corrected chi connectivity index (χ4v) is 5.59. The van der Waals surface area contributed by atoms with Crippen LogP contribution in [0.25, 0.3) is 0 Å². The van der Waals surface area contributed by atoms with Gasteiger partial charge in [0.15, 0.2) is 0 Å². The summed E-state index contributed by atoms with van der Waals surface area (Å²) in [4.78, 5) is 35.5. The van der Waals surface area contributed by atoms with Gasteiger partial charge in [-0.2, -0.15) is 4.98 Å². The van der Waals surface area contributed by atoms with Gasteiger partial charge in [-0.05, 0) is 48.2 Å². The smallest absolute Gasteiger partial charge is 0.289 e. The number of anilines is 2. The number of nitrogens with zero attached hydrogens (tertiary/aromatic N) is 5. The van der Waals surface area contributed by atoms with Crippen LogP contribution >= 0.6 is 23.4 Å². The predicted octanol–water partition coefficient (Wildman–Crippen LogP) is 3.45. The van der Waals surface area contributed by atoms with Crippen molar-refractivity contribution in [2.24, 2.45) is 0 Å². The van der Waals surface area contributed by atoms with E-state index >= 15 is 0 Å². The number of carbonyl (C=O) groups excluding carboxylic acids is 2. The molecule has 0 aliphatic carbocycles. The van der Waals surface area contributed by atoms with Gasteiger partial charge in [-0.25, -0.2) is 4.68 Å². The second-order valence-corrected chi connectivity index (χ2v) is 9.83. The molecule has 1 N–H and O–H groups in total. The molecule has 2 amide bonds. The van der Waals surface area contributed by atoms with Gasteiger partial charge in [0, 0.05) is 36.5 Å². The first kappa shape index (κ1) is 22.7. The number of nitrogens with one attached hydrogen (secondary N) is 1. The minimum absolute atomic E-state index is 0.0124. The Balaban J connectivity index is 1.33. The summed E-state index contributed by atoms with van der Waals surface area (Å²) in [6.45, 7) is 2.42. The molecule has 10 heteroatoms. The van der Waals surface area contributed by atoms with E-state index in [0.29, 0.717) is 12.3 Å². The highest BCUT2D eigenvalue weighted by molar-refractivity contribution is 7.99. The molecule has 0 bridgehead atoms. The summed E-state index contributed by atoms with van der Waals surface area (Å²) in [7, 11) is 1.76. The van der Waals surface area contributed by atoms with E-state index in [1.54, 1.807) is 23.7 Å². The van der Waals surface area contributed by atoms with Crippen molar-refractivity contribution in [2.45, 2.75) is 30.3 Å². The molecule has 8 nitrogen and oxygen atoms in total. The van der Waals surface area contributed by atoms with Crippen molar-refractivity contribution >= 4 is 46.6 Å². The molecule has 0 unspecified atom stereocenters. The molecule has 34 heavy (non-hydrogen) atoms. The predicted molar refractivity (Wildman–Crippen MR) is 134 cm³/mol. The number of fused-ring (bicyclic) bond motifs is 1. The molecular formula is C24H25ClN6O2S. The number of rotatable bonds is 5. The molecule has 1 fully saturated rings. The first-order valence-electron chi connectivity index (χ1n) is 11.2. The molecular weight excluding hydrogens is 472 g/mol. The second kappa shape index (κ2) is 9.68. The second-order valence-electron chi connectivity index (χ2n) is 8.43. The maximum absolute atomic E-state index is 13.3. The van der Waals surface area contributed by atoms with E-state index in [0.717, 1.165) is 34.9 Å². The van der Waals surface area contributed by atoms with Gasteiger partial charge < -0.3 is 15.1 Å². The Kier molecular flexibility index (Phi) is 6.47. The molecule has 1 aromatic heterocycles. The number of hydrogen-bond acceptors (Lipinski definition) is 6. The van der Waals surface area contributed by atoms with Crippen LogP contribution in [0.5, 0.6) is 0 Å². The number of hydrogen-bond donors (Lipinski definition) is 1. The SMILES string of the molecule is CN1C(=O)[C@@H](NC(=O)c2nc(Cl)nn2Cc2ccccc2)CSc2ccc(N3CCCC3)cc21. The number of aromatic nitrogens is 3. The van der Waals surface area contributed by atoms with Crippen molar-refractivity contribution in [3.8, 4) is 0 Å². The lowest BCUT2D eigenvalue weighted by molar-refractivity contribution is -0.119. The van der Waals surface area contributed by atoms with Crippen LogP contribution < -0.4 is 15.1 Å². The molecule has 1 atom stereocenters. The zero-order valence-electron chi connectivity index (χ0n) is 18.8. The third-order valence-electron chi connectivity index (χ3n) is 6.14. The standard InChI is InChI=1S/C24H25ClN6O2S/c1-29-19-13-17(30-11-5-6-12-30)9-10-20(19)34-15-18(23(29)33)26-22(32)21-27-24(25)28-31(21)14-16-7-3-2-4-8-16/h2-4,7-10,13,18H,5-6,11-12,14-15H2,1H3,(H,26,32)/t18-/m0/s1. The minimum atomic E-state index is -0.703. The van der Waals surface area contributed by atoms with Gasteiger partial charge >= 0.3 is 0 Å². The van der Waals surface area contributed by atoms with Gasteiger partial charge in [0.25, 0.3) is 5.91 Å². The highest BCUT2D eigenvalue weighted by atomic mass is 35.5. The third kappa shape index (κ3) is 4.63. The van der Waals surface area contributed by atoms with Crippen molar-refractivity contribution in [3.63, 3.8) is 0 Å². The average Bonchev–Trinajstić information content (AvgIpc) is 3.49. The van der Waals surface area contributed by atoms with Gasteiger partial charge in [0.05, 0.1) is 12.2 Å². The number of halogens is 1. The van der Waals surface area contributed by atoms with Crippen molar-refractivity contribution in [1.82, 2.24) is 20.1 Å². The summed E-state index contributed by atoms with van der Waals surface area (Å²) >= 11 is 7.58. The fourth-order valence-electron chi connectivity index (χ4n) is 4.33. The molecule has 3 aromatic rings. The largest absolute Gasteiger partial charge is 0.371 e. The quantitative estimate of drug-likeness (QED) is 0.582. The van der Waals surface area contributed by atoms with Gasteiger partial charge in [0.2, 0.25) is 17.0 Å². The van der Waals surface area contributed by atoms with Gasteiger partial charge in [-0.1, -0.05) is 30.3 Å². The van der Waals surface area contributed by atoms with Crippen LogP contribution in [-0.2, 0) is 11.3 Å². The molecule has 5 rings (SSSR count). The van der Waals surface area contributed by atoms with Crippen LogP contribution in [0.4, 0.5) is 11.4 Å². The third-order valence-corrected chi connectivity index (χ3v) is 7.46. The van der Waals surface area contributed by atoms with Crippen LogP contribution in [0.15, 0.2) is 53.4 Å². The van der Waals surface area contributed by atoms with Crippen LogP contribution in [-0.4, -0.2) is 58.5 Å². The molecule has 2 aromatic carbocycles. The summed E-state index contributed by atoms with van der Waals surface area (Å²) in [6.07, 6.45) is 2.38. The van der Waals surface area contributed by atoms with E-state index in [1.165, 1.54) is 17.5 Å². The lowest BCUT2D eigenvalue weighted by Gasteiger charge is -2.24. The van der Waals surface area contributed by atoms with Gasteiger partial charge in [-0.15, -0.1) is 16.9 Å².